The first-order valence-corrected chi connectivity index (χ1v) is 7.06. The molecule has 0 saturated heterocycles. The van der Waals surface area contributed by atoms with E-state index in [2.05, 4.69) is 0 Å². The predicted molar refractivity (Wildman–Crippen MR) is 63.4 cm³/mol. The summed E-state index contributed by atoms with van der Waals surface area (Å²) in [6.07, 6.45) is 2.21. The Morgan fingerprint density at radius 2 is 2.06 bits per heavy atom. The van der Waals surface area contributed by atoms with E-state index < -0.39 is 15.7 Å². The maximum Gasteiger partial charge on any atom is 0.183 e. The Morgan fingerprint density at radius 1 is 1.41 bits per heavy atom. The van der Waals surface area contributed by atoms with Crippen molar-refractivity contribution >= 4 is 9.84 Å². The molecule has 0 aliphatic heterocycles. The van der Waals surface area contributed by atoms with Gasteiger partial charge in [0.2, 0.25) is 0 Å². The van der Waals surface area contributed by atoms with Gasteiger partial charge in [-0.05, 0) is 31.0 Å². The summed E-state index contributed by atoms with van der Waals surface area (Å²) in [7, 11) is -2.27. The molecular formula is C11H16FNO3S. The smallest absolute Gasteiger partial charge is 0.183 e. The van der Waals surface area contributed by atoms with Crippen LogP contribution in [-0.2, 0) is 16.3 Å². The van der Waals surface area contributed by atoms with E-state index in [-0.39, 0.29) is 10.6 Å². The molecular weight excluding hydrogens is 245 g/mol. The summed E-state index contributed by atoms with van der Waals surface area (Å²) < 4.78 is 41.5. The quantitative estimate of drug-likeness (QED) is 0.862. The molecule has 96 valence electrons. The van der Waals surface area contributed by atoms with Gasteiger partial charge in [0.15, 0.2) is 21.4 Å². The van der Waals surface area contributed by atoms with E-state index in [1.807, 2.05) is 0 Å². The molecule has 0 heterocycles. The number of ether oxygens (including phenoxy) is 1. The fraction of sp³-hybridized carbons (Fsp3) is 0.455. The number of rotatable bonds is 5. The van der Waals surface area contributed by atoms with E-state index in [0.717, 1.165) is 6.26 Å². The second kappa shape index (κ2) is 5.46. The lowest BCUT2D eigenvalue weighted by Gasteiger charge is -2.11. The summed E-state index contributed by atoms with van der Waals surface area (Å²) in [5.74, 6) is -0.842. The largest absolute Gasteiger partial charge is 0.493 e. The molecule has 1 aromatic rings. The van der Waals surface area contributed by atoms with Gasteiger partial charge in [-0.25, -0.2) is 12.8 Å². The van der Waals surface area contributed by atoms with Crippen molar-refractivity contribution < 1.29 is 17.5 Å². The van der Waals surface area contributed by atoms with E-state index >= 15 is 0 Å². The second-order valence-corrected chi connectivity index (χ2v) is 5.72. The average Bonchev–Trinajstić information content (AvgIpc) is 2.24. The van der Waals surface area contributed by atoms with Crippen molar-refractivity contribution in [1.29, 1.82) is 0 Å². The Labute approximate surface area is 101 Å². The van der Waals surface area contributed by atoms with Gasteiger partial charge in [-0.3, -0.25) is 0 Å². The van der Waals surface area contributed by atoms with Crippen LogP contribution >= 0.6 is 0 Å². The molecule has 0 fully saturated rings. The van der Waals surface area contributed by atoms with Gasteiger partial charge < -0.3 is 10.5 Å². The maximum atomic E-state index is 13.9. The van der Waals surface area contributed by atoms with Crippen LogP contribution in [0.3, 0.4) is 0 Å². The molecule has 0 radical (unpaired) electrons. The molecule has 0 aliphatic carbocycles. The number of halogens is 1. The monoisotopic (exact) mass is 261 g/mol. The van der Waals surface area contributed by atoms with Crippen LogP contribution in [0, 0.1) is 5.82 Å². The van der Waals surface area contributed by atoms with E-state index in [9.17, 15) is 12.8 Å². The van der Waals surface area contributed by atoms with Crippen LogP contribution < -0.4 is 10.5 Å². The Hall–Kier alpha value is -1.14. The highest BCUT2D eigenvalue weighted by Gasteiger charge is 2.20. The van der Waals surface area contributed by atoms with E-state index in [4.69, 9.17) is 10.5 Å². The summed E-state index contributed by atoms with van der Waals surface area (Å²) in [4.78, 5) is -0.342. The minimum atomic E-state index is -3.58. The van der Waals surface area contributed by atoms with Gasteiger partial charge in [-0.2, -0.15) is 0 Å². The Balaban J connectivity index is 3.27. The average molecular weight is 261 g/mol. The van der Waals surface area contributed by atoms with Gasteiger partial charge in [0.25, 0.3) is 0 Å². The lowest BCUT2D eigenvalue weighted by molar-refractivity contribution is 0.375. The molecule has 2 N–H and O–H groups in total. The van der Waals surface area contributed by atoms with Gasteiger partial charge in [-0.1, -0.05) is 6.07 Å². The fourth-order valence-electron chi connectivity index (χ4n) is 1.57. The molecule has 1 aromatic carbocycles. The van der Waals surface area contributed by atoms with Crippen molar-refractivity contribution in [2.75, 3.05) is 19.9 Å². The normalized spacial score (nSPS) is 11.5. The van der Waals surface area contributed by atoms with E-state index in [1.165, 1.54) is 13.2 Å². The molecule has 6 heteroatoms. The highest BCUT2D eigenvalue weighted by Crippen LogP contribution is 2.29. The van der Waals surface area contributed by atoms with Crippen molar-refractivity contribution in [3.63, 3.8) is 0 Å². The zero-order valence-electron chi connectivity index (χ0n) is 9.86. The zero-order valence-corrected chi connectivity index (χ0v) is 10.7. The molecule has 1 rings (SSSR count). The topological polar surface area (TPSA) is 69.4 Å². The molecule has 0 atom stereocenters. The number of benzene rings is 1. The first-order chi connectivity index (χ1) is 7.91. The predicted octanol–water partition coefficient (Wildman–Crippen LogP) is 1.13. The lowest BCUT2D eigenvalue weighted by atomic mass is 10.1. The third-order valence-corrected chi connectivity index (χ3v) is 3.51. The third kappa shape index (κ3) is 3.17. The van der Waals surface area contributed by atoms with Crippen molar-refractivity contribution in [2.45, 2.75) is 17.7 Å². The summed E-state index contributed by atoms with van der Waals surface area (Å²) >= 11 is 0. The fourth-order valence-corrected chi connectivity index (χ4v) is 2.31. The van der Waals surface area contributed by atoms with Crippen molar-refractivity contribution in [3.05, 3.63) is 23.5 Å². The molecule has 4 nitrogen and oxygen atoms in total. The lowest BCUT2D eigenvalue weighted by Crippen LogP contribution is -2.06. The van der Waals surface area contributed by atoms with Crippen LogP contribution in [0.1, 0.15) is 12.0 Å². The van der Waals surface area contributed by atoms with Gasteiger partial charge >= 0.3 is 0 Å². The minimum Gasteiger partial charge on any atom is -0.493 e. The van der Waals surface area contributed by atoms with E-state index in [1.54, 1.807) is 6.07 Å². The second-order valence-electron chi connectivity index (χ2n) is 3.73. The number of methoxy groups -OCH3 is 1. The van der Waals surface area contributed by atoms with Crippen molar-refractivity contribution in [3.8, 4) is 5.75 Å². The summed E-state index contributed by atoms with van der Waals surface area (Å²) in [6, 6.07) is 2.83. The van der Waals surface area contributed by atoms with Gasteiger partial charge in [0.05, 0.1) is 7.11 Å². The molecule has 0 saturated carbocycles. The summed E-state index contributed by atoms with van der Waals surface area (Å²) in [5.41, 5.74) is 6.00. The maximum absolute atomic E-state index is 13.9. The number of hydrogen-bond acceptors (Lipinski definition) is 4. The highest BCUT2D eigenvalue weighted by molar-refractivity contribution is 7.90. The van der Waals surface area contributed by atoms with Crippen LogP contribution in [0.4, 0.5) is 4.39 Å². The third-order valence-electron chi connectivity index (χ3n) is 2.40. The van der Waals surface area contributed by atoms with Crippen molar-refractivity contribution in [2.24, 2.45) is 5.73 Å². The Bertz CT molecular complexity index is 500. The van der Waals surface area contributed by atoms with Gasteiger partial charge in [0.1, 0.15) is 4.90 Å². The number of sulfone groups is 1. The number of nitrogens with two attached hydrogens (primary N) is 1. The van der Waals surface area contributed by atoms with Crippen molar-refractivity contribution in [1.82, 2.24) is 0 Å². The summed E-state index contributed by atoms with van der Waals surface area (Å²) in [6.45, 7) is 0.485. The number of aryl methyl sites for hydroxylation is 1. The molecule has 0 aliphatic rings. The van der Waals surface area contributed by atoms with Crippen LogP contribution in [0.2, 0.25) is 0 Å². The van der Waals surface area contributed by atoms with Gasteiger partial charge in [-0.15, -0.1) is 0 Å². The molecule has 0 spiro atoms. The molecule has 0 unspecified atom stereocenters. The standard InChI is InChI=1S/C11H16FNO3S/c1-16-11-8(4-3-7-13)5-6-9(10(11)12)17(2,14)15/h5-6H,3-4,7,13H2,1-2H3. The first kappa shape index (κ1) is 13.9. The van der Waals surface area contributed by atoms with Crippen LogP contribution in [0.5, 0.6) is 5.75 Å². The molecule has 17 heavy (non-hydrogen) atoms. The molecule has 0 bridgehead atoms. The number of hydrogen-bond donors (Lipinski definition) is 1. The van der Waals surface area contributed by atoms with Gasteiger partial charge in [0, 0.05) is 6.26 Å². The molecule has 0 amide bonds. The Morgan fingerprint density at radius 3 is 2.53 bits per heavy atom. The first-order valence-electron chi connectivity index (χ1n) is 5.17. The molecule has 0 aromatic heterocycles. The zero-order chi connectivity index (χ0) is 13.1. The SMILES string of the molecule is COc1c(CCCN)ccc(S(C)(=O)=O)c1F. The highest BCUT2D eigenvalue weighted by atomic mass is 32.2. The van der Waals surface area contributed by atoms with Crippen LogP contribution in [-0.4, -0.2) is 28.3 Å². The Kier molecular flexibility index (Phi) is 4.47. The van der Waals surface area contributed by atoms with E-state index in [0.29, 0.717) is 24.9 Å². The minimum absolute atomic E-state index is 0.0126. The van der Waals surface area contributed by atoms with Crippen LogP contribution in [0.15, 0.2) is 17.0 Å². The summed E-state index contributed by atoms with van der Waals surface area (Å²) in [5, 5.41) is 0. The van der Waals surface area contributed by atoms with Crippen LogP contribution in [0.25, 0.3) is 0 Å².